The maximum atomic E-state index is 12.8. The van der Waals surface area contributed by atoms with Crippen LogP contribution in [0.15, 0.2) is 45.4 Å². The van der Waals surface area contributed by atoms with Gasteiger partial charge in [-0.3, -0.25) is 4.79 Å². The van der Waals surface area contributed by atoms with Crippen LogP contribution < -0.4 is 5.32 Å². The molecule has 0 fully saturated rings. The molecule has 1 N–H and O–H groups in total. The molecule has 23 heavy (non-hydrogen) atoms. The van der Waals surface area contributed by atoms with Crippen molar-refractivity contribution in [3.63, 3.8) is 0 Å². The molecule has 1 aromatic carbocycles. The molecule has 4 nitrogen and oxygen atoms in total. The number of nitrogens with one attached hydrogen (secondary N) is 1. The highest BCUT2D eigenvalue weighted by atomic mass is 32.2. The van der Waals surface area contributed by atoms with E-state index in [1.807, 2.05) is 16.8 Å². The third kappa shape index (κ3) is 4.85. The highest BCUT2D eigenvalue weighted by Gasteiger charge is 2.10. The summed E-state index contributed by atoms with van der Waals surface area (Å²) in [5.74, 6) is 0.331. The van der Waals surface area contributed by atoms with Crippen molar-refractivity contribution in [3.05, 3.63) is 58.0 Å². The van der Waals surface area contributed by atoms with Gasteiger partial charge in [-0.25, -0.2) is 4.39 Å². The van der Waals surface area contributed by atoms with Crippen molar-refractivity contribution >= 4 is 45.5 Å². The first kappa shape index (κ1) is 16.1. The van der Waals surface area contributed by atoms with Crippen LogP contribution in [-0.2, 0) is 17.0 Å². The number of nitrogens with zero attached hydrogens (tertiary/aromatic N) is 2. The second-order valence-corrected chi connectivity index (χ2v) is 7.62. The minimum Gasteiger partial charge on any atom is -0.300 e. The van der Waals surface area contributed by atoms with Gasteiger partial charge < -0.3 is 5.32 Å². The second kappa shape index (κ2) is 7.67. The number of carbonyl (C=O) groups is 1. The fourth-order valence-electron chi connectivity index (χ4n) is 1.79. The van der Waals surface area contributed by atoms with Gasteiger partial charge in [0.2, 0.25) is 11.0 Å². The summed E-state index contributed by atoms with van der Waals surface area (Å²) < 4.78 is 13.6. The largest absolute Gasteiger partial charge is 0.300 e. The molecule has 2 aromatic heterocycles. The molecule has 0 aliphatic carbocycles. The Morgan fingerprint density at radius 3 is 2.74 bits per heavy atom. The zero-order valence-electron chi connectivity index (χ0n) is 11.9. The van der Waals surface area contributed by atoms with Crippen LogP contribution in [0.1, 0.15) is 11.1 Å². The fourth-order valence-corrected chi connectivity index (χ4v) is 4.18. The standard InChI is InChI=1S/C15H12FN3OS3/c16-12-3-1-10(2-4-12)9-22-15-19-18-14(23-15)17-13(20)7-11-5-6-21-8-11/h1-6,8H,7,9H2,(H,17,18,20). The van der Waals surface area contributed by atoms with Crippen molar-refractivity contribution in [1.29, 1.82) is 0 Å². The lowest BCUT2D eigenvalue weighted by molar-refractivity contribution is -0.115. The first-order valence-electron chi connectivity index (χ1n) is 6.71. The molecule has 0 saturated heterocycles. The normalized spacial score (nSPS) is 10.7. The number of hydrogen-bond acceptors (Lipinski definition) is 6. The van der Waals surface area contributed by atoms with Gasteiger partial charge in [-0.05, 0) is 40.1 Å². The van der Waals surface area contributed by atoms with E-state index in [0.717, 1.165) is 15.5 Å². The molecule has 0 saturated carbocycles. The maximum Gasteiger partial charge on any atom is 0.230 e. The Kier molecular flexibility index (Phi) is 5.37. The lowest BCUT2D eigenvalue weighted by atomic mass is 10.2. The minimum absolute atomic E-state index is 0.102. The van der Waals surface area contributed by atoms with E-state index >= 15 is 0 Å². The first-order chi connectivity index (χ1) is 11.2. The zero-order chi connectivity index (χ0) is 16.1. The van der Waals surface area contributed by atoms with Crippen LogP contribution in [-0.4, -0.2) is 16.1 Å². The van der Waals surface area contributed by atoms with Crippen molar-refractivity contribution in [2.45, 2.75) is 16.5 Å². The zero-order valence-corrected chi connectivity index (χ0v) is 14.3. The highest BCUT2D eigenvalue weighted by Crippen LogP contribution is 2.28. The summed E-state index contributed by atoms with van der Waals surface area (Å²) >= 11 is 4.40. The molecule has 0 unspecified atom stereocenters. The Bertz CT molecular complexity index is 772. The number of halogens is 1. The Hall–Kier alpha value is -1.77. The van der Waals surface area contributed by atoms with Crippen molar-refractivity contribution < 1.29 is 9.18 Å². The molecule has 0 spiro atoms. The van der Waals surface area contributed by atoms with E-state index in [-0.39, 0.29) is 11.7 Å². The first-order valence-corrected chi connectivity index (χ1v) is 9.45. The molecule has 2 heterocycles. The van der Waals surface area contributed by atoms with Gasteiger partial charge in [-0.2, -0.15) is 11.3 Å². The summed E-state index contributed by atoms with van der Waals surface area (Å²) in [7, 11) is 0. The van der Waals surface area contributed by atoms with E-state index in [1.54, 1.807) is 23.5 Å². The van der Waals surface area contributed by atoms with Gasteiger partial charge in [0.15, 0.2) is 4.34 Å². The molecule has 0 aliphatic heterocycles. The number of anilines is 1. The molecule has 8 heteroatoms. The number of rotatable bonds is 6. The van der Waals surface area contributed by atoms with Crippen LogP contribution in [0.2, 0.25) is 0 Å². The summed E-state index contributed by atoms with van der Waals surface area (Å²) in [5.41, 5.74) is 2.00. The second-order valence-electron chi connectivity index (χ2n) is 4.64. The molecule has 1 amide bonds. The van der Waals surface area contributed by atoms with Crippen molar-refractivity contribution in [2.24, 2.45) is 0 Å². The van der Waals surface area contributed by atoms with E-state index in [2.05, 4.69) is 15.5 Å². The van der Waals surface area contributed by atoms with Gasteiger partial charge in [0.05, 0.1) is 6.42 Å². The topological polar surface area (TPSA) is 54.9 Å². The predicted molar refractivity (Wildman–Crippen MR) is 92.5 cm³/mol. The summed E-state index contributed by atoms with van der Waals surface area (Å²) in [6, 6.07) is 8.28. The van der Waals surface area contributed by atoms with Crippen LogP contribution in [0, 0.1) is 5.82 Å². The molecule has 3 rings (SSSR count). The number of amides is 1. The van der Waals surface area contributed by atoms with Crippen LogP contribution in [0.3, 0.4) is 0 Å². The Balaban J connectivity index is 1.51. The average molecular weight is 365 g/mol. The van der Waals surface area contributed by atoms with Crippen LogP contribution in [0.4, 0.5) is 9.52 Å². The van der Waals surface area contributed by atoms with Crippen LogP contribution in [0.5, 0.6) is 0 Å². The van der Waals surface area contributed by atoms with Gasteiger partial charge in [0.25, 0.3) is 0 Å². The Labute approximate surface area is 144 Å². The average Bonchev–Trinajstić information content (AvgIpc) is 3.19. The van der Waals surface area contributed by atoms with Gasteiger partial charge in [-0.1, -0.05) is 35.2 Å². The van der Waals surface area contributed by atoms with E-state index < -0.39 is 0 Å². The van der Waals surface area contributed by atoms with Gasteiger partial charge >= 0.3 is 0 Å². The molecule has 0 bridgehead atoms. The number of thioether (sulfide) groups is 1. The smallest absolute Gasteiger partial charge is 0.230 e. The summed E-state index contributed by atoms with van der Waals surface area (Å²) in [4.78, 5) is 11.9. The quantitative estimate of drug-likeness (QED) is 0.525. The van der Waals surface area contributed by atoms with Gasteiger partial charge in [0.1, 0.15) is 5.82 Å². The van der Waals surface area contributed by atoms with Crippen LogP contribution >= 0.6 is 34.4 Å². The third-order valence-corrected chi connectivity index (χ3v) is 5.65. The number of benzene rings is 1. The van der Waals surface area contributed by atoms with Gasteiger partial charge in [-0.15, -0.1) is 10.2 Å². The molecule has 118 valence electrons. The fraction of sp³-hybridized carbons (Fsp3) is 0.133. The van der Waals surface area contributed by atoms with Gasteiger partial charge in [0, 0.05) is 5.75 Å². The molecule has 0 atom stereocenters. The minimum atomic E-state index is -0.245. The van der Waals surface area contributed by atoms with E-state index in [4.69, 9.17) is 0 Å². The molecular weight excluding hydrogens is 353 g/mol. The lowest BCUT2D eigenvalue weighted by Gasteiger charge is -1.99. The van der Waals surface area contributed by atoms with Crippen molar-refractivity contribution in [1.82, 2.24) is 10.2 Å². The SMILES string of the molecule is O=C(Cc1ccsc1)Nc1nnc(SCc2ccc(F)cc2)s1. The summed E-state index contributed by atoms with van der Waals surface area (Å²) in [6.45, 7) is 0. The molecule has 3 aromatic rings. The summed E-state index contributed by atoms with van der Waals surface area (Å²) in [6.07, 6.45) is 0.334. The molecule has 0 aliphatic rings. The van der Waals surface area contributed by atoms with E-state index in [1.165, 1.54) is 35.2 Å². The predicted octanol–water partition coefficient (Wildman–Crippen LogP) is 4.21. The highest BCUT2D eigenvalue weighted by molar-refractivity contribution is 8.00. The number of thiophene rings is 1. The van der Waals surface area contributed by atoms with E-state index in [9.17, 15) is 9.18 Å². The monoisotopic (exact) mass is 365 g/mol. The number of carbonyl (C=O) groups excluding carboxylic acids is 1. The molecule has 0 radical (unpaired) electrons. The van der Waals surface area contributed by atoms with Crippen molar-refractivity contribution in [3.8, 4) is 0 Å². The van der Waals surface area contributed by atoms with Crippen molar-refractivity contribution in [2.75, 3.05) is 5.32 Å². The Morgan fingerprint density at radius 2 is 2.00 bits per heavy atom. The molecular formula is C15H12FN3OS3. The summed E-state index contributed by atoms with van der Waals surface area (Å²) in [5, 5.41) is 15.2. The van der Waals surface area contributed by atoms with Crippen LogP contribution in [0.25, 0.3) is 0 Å². The number of hydrogen-bond donors (Lipinski definition) is 1. The van der Waals surface area contributed by atoms with E-state index in [0.29, 0.717) is 17.3 Å². The lowest BCUT2D eigenvalue weighted by Crippen LogP contribution is -2.13. The third-order valence-electron chi connectivity index (χ3n) is 2.87. The Morgan fingerprint density at radius 1 is 1.17 bits per heavy atom. The maximum absolute atomic E-state index is 12.8. The number of aromatic nitrogens is 2.